The van der Waals surface area contributed by atoms with Gasteiger partial charge in [-0.1, -0.05) is 30.2 Å². The van der Waals surface area contributed by atoms with Crippen LogP contribution in [-0.4, -0.2) is 48.7 Å². The van der Waals surface area contributed by atoms with E-state index in [1.165, 1.54) is 25.3 Å². The van der Waals surface area contributed by atoms with E-state index in [1.807, 2.05) is 17.0 Å². The van der Waals surface area contributed by atoms with Crippen LogP contribution in [0.15, 0.2) is 41.4 Å². The minimum atomic E-state index is -4.25. The average Bonchev–Trinajstić information content (AvgIpc) is 3.45. The zero-order valence-corrected chi connectivity index (χ0v) is 23.9. The van der Waals surface area contributed by atoms with Gasteiger partial charge < -0.3 is 14.7 Å². The van der Waals surface area contributed by atoms with Crippen LogP contribution in [0.4, 0.5) is 5.82 Å². The van der Waals surface area contributed by atoms with E-state index >= 15 is 0 Å². The zero-order chi connectivity index (χ0) is 27.5. The standard InChI is InChI=1S/C29H36ClN3O5S/c1-27(35)14-15-33(19-27)24-6-4-7-25(31-24)39(36,37)32-26(34)29(12-2-3-13-29)38-23-16-21(30)8-9-22(23)20-17-28(18-20)10-5-11-28/h4,6-9,16,20,35H,2-3,5,10-15,17-19H2,1H3,(H,32,34). The monoisotopic (exact) mass is 573 g/mol. The van der Waals surface area contributed by atoms with E-state index in [0.29, 0.717) is 60.3 Å². The second-order valence-electron chi connectivity index (χ2n) is 12.4. The minimum absolute atomic E-state index is 0.239. The third-order valence-electron chi connectivity index (χ3n) is 9.31. The number of anilines is 1. The number of carbonyl (C=O) groups excluding carboxylic acids is 1. The largest absolute Gasteiger partial charge is 0.477 e. The van der Waals surface area contributed by atoms with Crippen molar-refractivity contribution in [3.05, 3.63) is 47.0 Å². The number of rotatable bonds is 7. The molecule has 1 atom stereocenters. The molecule has 8 nitrogen and oxygen atoms in total. The summed E-state index contributed by atoms with van der Waals surface area (Å²) in [5.74, 6) is 0.716. The highest BCUT2D eigenvalue weighted by Gasteiger charge is 2.50. The number of aromatic nitrogens is 1. The Kier molecular flexibility index (Phi) is 6.63. The Bertz CT molecular complexity index is 1380. The van der Waals surface area contributed by atoms with Crippen LogP contribution in [0.1, 0.15) is 82.6 Å². The van der Waals surface area contributed by atoms with Crippen molar-refractivity contribution in [1.29, 1.82) is 0 Å². The molecule has 2 heterocycles. The fraction of sp³-hybridized carbons (Fsp3) is 0.586. The average molecular weight is 574 g/mol. The molecule has 4 fully saturated rings. The van der Waals surface area contributed by atoms with E-state index in [0.717, 1.165) is 31.2 Å². The minimum Gasteiger partial charge on any atom is -0.477 e. The Hall–Kier alpha value is -2.36. The van der Waals surface area contributed by atoms with Gasteiger partial charge in [-0.15, -0.1) is 0 Å². The van der Waals surface area contributed by atoms with E-state index in [1.54, 1.807) is 25.1 Å². The van der Waals surface area contributed by atoms with Gasteiger partial charge in [-0.25, -0.2) is 9.71 Å². The van der Waals surface area contributed by atoms with Gasteiger partial charge in [0.1, 0.15) is 11.6 Å². The van der Waals surface area contributed by atoms with Gasteiger partial charge in [-0.05, 0) is 106 Å². The number of hydrogen-bond donors (Lipinski definition) is 2. The lowest BCUT2D eigenvalue weighted by molar-refractivity contribution is -0.134. The number of hydrogen-bond acceptors (Lipinski definition) is 7. The predicted octanol–water partition coefficient (Wildman–Crippen LogP) is 4.94. The molecule has 1 unspecified atom stereocenters. The number of benzene rings is 1. The summed E-state index contributed by atoms with van der Waals surface area (Å²) < 4.78 is 35.5. The lowest BCUT2D eigenvalue weighted by Gasteiger charge is -2.54. The van der Waals surface area contributed by atoms with E-state index in [2.05, 4.69) is 9.71 Å². The number of ether oxygens (including phenoxy) is 1. The van der Waals surface area contributed by atoms with Crippen LogP contribution in [0.5, 0.6) is 5.75 Å². The summed E-state index contributed by atoms with van der Waals surface area (Å²) in [7, 11) is -4.25. The molecule has 10 heteroatoms. The maximum absolute atomic E-state index is 13.7. The van der Waals surface area contributed by atoms with Crippen molar-refractivity contribution < 1.29 is 23.1 Å². The van der Waals surface area contributed by atoms with Crippen molar-refractivity contribution in [2.75, 3.05) is 18.0 Å². The summed E-state index contributed by atoms with van der Waals surface area (Å²) >= 11 is 6.36. The molecule has 3 aliphatic carbocycles. The Morgan fingerprint density at radius 3 is 2.49 bits per heavy atom. The summed E-state index contributed by atoms with van der Waals surface area (Å²) in [5.41, 5.74) is -0.622. The van der Waals surface area contributed by atoms with Crippen LogP contribution >= 0.6 is 11.6 Å². The highest BCUT2D eigenvalue weighted by molar-refractivity contribution is 7.90. The Balaban J connectivity index is 1.22. The third kappa shape index (κ3) is 5.13. The number of aliphatic hydroxyl groups is 1. The number of nitrogens with zero attached hydrogens (tertiary/aromatic N) is 2. The van der Waals surface area contributed by atoms with Crippen molar-refractivity contribution in [1.82, 2.24) is 9.71 Å². The topological polar surface area (TPSA) is 109 Å². The molecule has 2 N–H and O–H groups in total. The second-order valence-corrected chi connectivity index (χ2v) is 14.4. The lowest BCUT2D eigenvalue weighted by Crippen LogP contribution is -2.51. The van der Waals surface area contributed by atoms with E-state index < -0.39 is 27.1 Å². The number of nitrogens with one attached hydrogen (secondary N) is 1. The summed E-state index contributed by atoms with van der Waals surface area (Å²) in [6, 6.07) is 10.3. The Labute approximate surface area is 235 Å². The molecule has 1 spiro atoms. The summed E-state index contributed by atoms with van der Waals surface area (Å²) in [6.45, 7) is 2.67. The summed E-state index contributed by atoms with van der Waals surface area (Å²) in [6.07, 6.45) is 9.03. The molecule has 6 rings (SSSR count). The van der Waals surface area contributed by atoms with Crippen LogP contribution in [0.25, 0.3) is 0 Å². The third-order valence-corrected chi connectivity index (χ3v) is 10.8. The van der Waals surface area contributed by atoms with Gasteiger partial charge in [-0.2, -0.15) is 8.42 Å². The number of β-amino-alcohol motifs (C(OH)–C–C–N with tert-alkyl or cyclic N) is 1. The second kappa shape index (κ2) is 9.63. The first-order chi connectivity index (χ1) is 18.5. The number of sulfonamides is 1. The zero-order valence-electron chi connectivity index (χ0n) is 22.3. The van der Waals surface area contributed by atoms with Crippen molar-refractivity contribution in [3.63, 3.8) is 0 Å². The molecule has 4 aliphatic rings. The van der Waals surface area contributed by atoms with Crippen LogP contribution in [0.3, 0.4) is 0 Å². The molecule has 1 aromatic carbocycles. The molecule has 3 saturated carbocycles. The van der Waals surface area contributed by atoms with Crippen LogP contribution < -0.4 is 14.4 Å². The number of amides is 1. The fourth-order valence-corrected chi connectivity index (χ4v) is 8.06. The van der Waals surface area contributed by atoms with Gasteiger partial charge in [0.25, 0.3) is 15.9 Å². The quantitative estimate of drug-likeness (QED) is 0.483. The molecular weight excluding hydrogens is 538 g/mol. The molecular formula is C29H36ClN3O5S. The predicted molar refractivity (Wildman–Crippen MR) is 149 cm³/mol. The van der Waals surface area contributed by atoms with Gasteiger partial charge in [0.15, 0.2) is 10.6 Å². The molecule has 210 valence electrons. The molecule has 0 radical (unpaired) electrons. The highest BCUT2D eigenvalue weighted by Crippen LogP contribution is 2.63. The SMILES string of the molecule is CC1(O)CCN(c2cccc(S(=O)(=O)NC(=O)C3(Oc4cc(Cl)ccc4C4CC5(CCC5)C4)CCCC3)n2)C1. The maximum Gasteiger partial charge on any atom is 0.281 e. The van der Waals surface area contributed by atoms with Crippen LogP contribution in [0, 0.1) is 5.41 Å². The molecule has 1 aromatic heterocycles. The van der Waals surface area contributed by atoms with Gasteiger partial charge >= 0.3 is 0 Å². The van der Waals surface area contributed by atoms with E-state index in [4.69, 9.17) is 16.3 Å². The number of pyridine rings is 1. The van der Waals surface area contributed by atoms with Gasteiger partial charge in [0.05, 0.1) is 5.60 Å². The first kappa shape index (κ1) is 26.8. The smallest absolute Gasteiger partial charge is 0.281 e. The number of carbonyl (C=O) groups is 1. The molecule has 39 heavy (non-hydrogen) atoms. The summed E-state index contributed by atoms with van der Waals surface area (Å²) in [5, 5.41) is 10.6. The molecule has 2 aromatic rings. The first-order valence-corrected chi connectivity index (χ1v) is 15.8. The van der Waals surface area contributed by atoms with E-state index in [-0.39, 0.29) is 5.03 Å². The molecule has 1 amide bonds. The van der Waals surface area contributed by atoms with Crippen molar-refractivity contribution >= 4 is 33.3 Å². The molecule has 1 saturated heterocycles. The van der Waals surface area contributed by atoms with Crippen molar-refractivity contribution in [2.24, 2.45) is 5.41 Å². The van der Waals surface area contributed by atoms with Gasteiger partial charge in [0.2, 0.25) is 0 Å². The van der Waals surface area contributed by atoms with Gasteiger partial charge in [0, 0.05) is 18.1 Å². The lowest BCUT2D eigenvalue weighted by atomic mass is 9.50. The number of halogens is 1. The van der Waals surface area contributed by atoms with E-state index in [9.17, 15) is 18.3 Å². The Morgan fingerprint density at radius 2 is 1.85 bits per heavy atom. The maximum atomic E-state index is 13.7. The first-order valence-electron chi connectivity index (χ1n) is 14.0. The van der Waals surface area contributed by atoms with Crippen molar-refractivity contribution in [3.8, 4) is 5.75 Å². The summed E-state index contributed by atoms with van der Waals surface area (Å²) in [4.78, 5) is 19.8. The van der Waals surface area contributed by atoms with Crippen LogP contribution in [-0.2, 0) is 14.8 Å². The molecule has 1 aliphatic heterocycles. The fourth-order valence-electron chi connectivity index (χ4n) is 6.89. The molecule has 0 bridgehead atoms. The van der Waals surface area contributed by atoms with Gasteiger partial charge in [-0.3, -0.25) is 4.79 Å². The normalized spacial score (nSPS) is 25.8. The van der Waals surface area contributed by atoms with Crippen LogP contribution in [0.2, 0.25) is 5.02 Å². The Morgan fingerprint density at radius 1 is 1.10 bits per heavy atom. The highest BCUT2D eigenvalue weighted by atomic mass is 35.5. The van der Waals surface area contributed by atoms with Crippen molar-refractivity contribution in [2.45, 2.75) is 93.3 Å².